The van der Waals surface area contributed by atoms with Crippen LogP contribution in [0.1, 0.15) is 40.5 Å². The van der Waals surface area contributed by atoms with E-state index >= 15 is 0 Å². The summed E-state index contributed by atoms with van der Waals surface area (Å²) in [6.45, 7) is 19.3. The second-order valence-electron chi connectivity index (χ2n) is 8.36. The van der Waals surface area contributed by atoms with Crippen LogP contribution in [0.4, 0.5) is 0 Å². The number of morpholine rings is 1. The van der Waals surface area contributed by atoms with Gasteiger partial charge in [0.05, 0.1) is 12.7 Å². The molecule has 26 heavy (non-hydrogen) atoms. The SMILES string of the molecule is CCNC(=NCC(C)CN1CCCC1)NCC1CN(CC(C)C)CCO1. The van der Waals surface area contributed by atoms with E-state index in [1.807, 2.05) is 0 Å². The van der Waals surface area contributed by atoms with E-state index in [-0.39, 0.29) is 6.10 Å². The highest BCUT2D eigenvalue weighted by molar-refractivity contribution is 5.79. The first-order valence-corrected chi connectivity index (χ1v) is 10.6. The Morgan fingerprint density at radius 1 is 1.08 bits per heavy atom. The summed E-state index contributed by atoms with van der Waals surface area (Å²) in [6.07, 6.45) is 2.96. The minimum Gasteiger partial charge on any atom is -0.374 e. The number of rotatable bonds is 9. The molecule has 2 atom stereocenters. The van der Waals surface area contributed by atoms with Crippen LogP contribution >= 0.6 is 0 Å². The van der Waals surface area contributed by atoms with Crippen molar-refractivity contribution in [3.8, 4) is 0 Å². The Morgan fingerprint density at radius 3 is 2.54 bits per heavy atom. The van der Waals surface area contributed by atoms with Crippen LogP contribution in [0.3, 0.4) is 0 Å². The first-order valence-electron chi connectivity index (χ1n) is 10.6. The number of guanidine groups is 1. The number of nitrogens with zero attached hydrogens (tertiary/aromatic N) is 3. The molecule has 0 aromatic carbocycles. The van der Waals surface area contributed by atoms with E-state index in [0.717, 1.165) is 51.8 Å². The quantitative estimate of drug-likeness (QED) is 0.479. The summed E-state index contributed by atoms with van der Waals surface area (Å²) in [4.78, 5) is 9.89. The molecule has 2 unspecified atom stereocenters. The Morgan fingerprint density at radius 2 is 1.85 bits per heavy atom. The van der Waals surface area contributed by atoms with Crippen LogP contribution in [0.5, 0.6) is 0 Å². The highest BCUT2D eigenvalue weighted by Gasteiger charge is 2.21. The Balaban J connectivity index is 1.73. The molecule has 2 saturated heterocycles. The molecule has 0 aromatic heterocycles. The highest BCUT2D eigenvalue weighted by Crippen LogP contribution is 2.10. The van der Waals surface area contributed by atoms with Gasteiger partial charge in [0.25, 0.3) is 0 Å². The molecule has 2 N–H and O–H groups in total. The van der Waals surface area contributed by atoms with Gasteiger partial charge in [0, 0.05) is 45.8 Å². The lowest BCUT2D eigenvalue weighted by molar-refractivity contribution is -0.0284. The third-order valence-corrected chi connectivity index (χ3v) is 5.02. The summed E-state index contributed by atoms with van der Waals surface area (Å²) in [5, 5.41) is 6.86. The van der Waals surface area contributed by atoms with Crippen molar-refractivity contribution in [3.63, 3.8) is 0 Å². The maximum absolute atomic E-state index is 5.94. The fourth-order valence-electron chi connectivity index (χ4n) is 3.85. The average molecular weight is 368 g/mol. The number of aliphatic imine (C=N–C) groups is 1. The second-order valence-corrected chi connectivity index (χ2v) is 8.36. The van der Waals surface area contributed by atoms with Crippen LogP contribution in [-0.4, -0.2) is 87.4 Å². The van der Waals surface area contributed by atoms with Crippen LogP contribution in [0.25, 0.3) is 0 Å². The summed E-state index contributed by atoms with van der Waals surface area (Å²) in [6, 6.07) is 0. The topological polar surface area (TPSA) is 52.1 Å². The summed E-state index contributed by atoms with van der Waals surface area (Å²) < 4.78 is 5.94. The van der Waals surface area contributed by atoms with Gasteiger partial charge in [-0.3, -0.25) is 9.89 Å². The normalized spacial score (nSPS) is 24.2. The van der Waals surface area contributed by atoms with E-state index in [0.29, 0.717) is 11.8 Å². The largest absolute Gasteiger partial charge is 0.374 e. The van der Waals surface area contributed by atoms with Crippen molar-refractivity contribution in [1.29, 1.82) is 0 Å². The van der Waals surface area contributed by atoms with Crippen molar-refractivity contribution in [2.24, 2.45) is 16.8 Å². The van der Waals surface area contributed by atoms with Crippen molar-refractivity contribution >= 4 is 5.96 Å². The van der Waals surface area contributed by atoms with E-state index in [2.05, 4.69) is 48.1 Å². The van der Waals surface area contributed by atoms with Gasteiger partial charge in [-0.25, -0.2) is 0 Å². The number of hydrogen-bond acceptors (Lipinski definition) is 4. The summed E-state index contributed by atoms with van der Waals surface area (Å²) in [7, 11) is 0. The van der Waals surface area contributed by atoms with E-state index in [1.54, 1.807) is 0 Å². The standard InChI is InChI=1S/C20H41N5O/c1-5-21-20(22-12-18(4)15-24-8-6-7-9-24)23-13-19-16-25(10-11-26-19)14-17(2)3/h17-19H,5-16H2,1-4H3,(H2,21,22,23). The second kappa shape index (κ2) is 11.8. The monoisotopic (exact) mass is 367 g/mol. The summed E-state index contributed by atoms with van der Waals surface area (Å²) >= 11 is 0. The molecule has 0 aromatic rings. The Hall–Kier alpha value is -0.850. The zero-order valence-electron chi connectivity index (χ0n) is 17.5. The minimum absolute atomic E-state index is 0.244. The van der Waals surface area contributed by atoms with Crippen LogP contribution in [0, 0.1) is 11.8 Å². The predicted octanol–water partition coefficient (Wildman–Crippen LogP) is 1.63. The van der Waals surface area contributed by atoms with Gasteiger partial charge >= 0.3 is 0 Å². The van der Waals surface area contributed by atoms with Crippen molar-refractivity contribution in [1.82, 2.24) is 20.4 Å². The zero-order chi connectivity index (χ0) is 18.8. The number of hydrogen-bond donors (Lipinski definition) is 2. The third-order valence-electron chi connectivity index (χ3n) is 5.02. The van der Waals surface area contributed by atoms with Gasteiger partial charge in [-0.1, -0.05) is 20.8 Å². The van der Waals surface area contributed by atoms with Gasteiger partial charge in [0.1, 0.15) is 0 Å². The molecule has 2 fully saturated rings. The molecule has 0 radical (unpaired) electrons. The lowest BCUT2D eigenvalue weighted by Crippen LogP contribution is -2.50. The Kier molecular flexibility index (Phi) is 9.72. The van der Waals surface area contributed by atoms with Gasteiger partial charge in [-0.2, -0.15) is 0 Å². The van der Waals surface area contributed by atoms with Crippen molar-refractivity contribution in [3.05, 3.63) is 0 Å². The van der Waals surface area contributed by atoms with E-state index in [4.69, 9.17) is 9.73 Å². The van der Waals surface area contributed by atoms with Crippen LogP contribution < -0.4 is 10.6 Å². The third kappa shape index (κ3) is 8.23. The van der Waals surface area contributed by atoms with E-state index < -0.39 is 0 Å². The molecule has 2 heterocycles. The zero-order valence-corrected chi connectivity index (χ0v) is 17.5. The highest BCUT2D eigenvalue weighted by atomic mass is 16.5. The first-order chi connectivity index (χ1) is 12.6. The Bertz CT molecular complexity index is 409. The molecule has 2 aliphatic rings. The van der Waals surface area contributed by atoms with Gasteiger partial charge in [-0.15, -0.1) is 0 Å². The molecule has 0 bridgehead atoms. The lowest BCUT2D eigenvalue weighted by atomic mass is 10.2. The summed E-state index contributed by atoms with van der Waals surface area (Å²) in [5.41, 5.74) is 0. The molecular weight excluding hydrogens is 326 g/mol. The van der Waals surface area contributed by atoms with Gasteiger partial charge in [-0.05, 0) is 44.7 Å². The minimum atomic E-state index is 0.244. The molecule has 152 valence electrons. The molecule has 6 nitrogen and oxygen atoms in total. The van der Waals surface area contributed by atoms with Crippen molar-refractivity contribution < 1.29 is 4.74 Å². The first kappa shape index (κ1) is 21.5. The molecular formula is C20H41N5O. The lowest BCUT2D eigenvalue weighted by Gasteiger charge is -2.34. The molecule has 0 spiro atoms. The maximum atomic E-state index is 5.94. The van der Waals surface area contributed by atoms with Crippen LogP contribution in [0.15, 0.2) is 4.99 Å². The maximum Gasteiger partial charge on any atom is 0.191 e. The van der Waals surface area contributed by atoms with Gasteiger partial charge in [0.15, 0.2) is 5.96 Å². The Labute approximate surface area is 160 Å². The average Bonchev–Trinajstić information content (AvgIpc) is 3.10. The summed E-state index contributed by atoms with van der Waals surface area (Å²) in [5.74, 6) is 2.22. The molecule has 0 amide bonds. The number of ether oxygens (including phenoxy) is 1. The molecule has 2 aliphatic heterocycles. The predicted molar refractivity (Wildman–Crippen MR) is 110 cm³/mol. The fourth-order valence-corrected chi connectivity index (χ4v) is 3.85. The van der Waals surface area contributed by atoms with Gasteiger partial charge in [0.2, 0.25) is 0 Å². The number of nitrogens with one attached hydrogen (secondary N) is 2. The molecule has 0 aliphatic carbocycles. The van der Waals surface area contributed by atoms with Crippen molar-refractivity contribution in [2.45, 2.75) is 46.6 Å². The molecule has 6 heteroatoms. The molecule has 2 rings (SSSR count). The number of likely N-dealkylation sites (tertiary alicyclic amines) is 1. The van der Waals surface area contributed by atoms with Crippen LogP contribution in [0.2, 0.25) is 0 Å². The smallest absolute Gasteiger partial charge is 0.191 e. The van der Waals surface area contributed by atoms with Crippen molar-refractivity contribution in [2.75, 3.05) is 65.5 Å². The fraction of sp³-hybridized carbons (Fsp3) is 0.950. The molecule has 0 saturated carbocycles. The van der Waals surface area contributed by atoms with E-state index in [1.165, 1.54) is 32.5 Å². The van der Waals surface area contributed by atoms with Crippen LogP contribution in [-0.2, 0) is 4.74 Å². The van der Waals surface area contributed by atoms with Gasteiger partial charge < -0.3 is 20.3 Å². The van der Waals surface area contributed by atoms with E-state index in [9.17, 15) is 0 Å².